The average molecular weight is 439 g/mol. The standard InChI is InChI=1S/C21H21N5O6/c1-13-4-5-14(2)20(8-13)32-18-10-16(9-17(11-18)25(28)29)22-21(27)6-7-24-12-19(26(30)31)15(3)23-24/h4-5,8-12H,6-7H2,1-3H3,(H,22,27). The lowest BCUT2D eigenvalue weighted by Crippen LogP contribution is -2.15. The van der Waals surface area contributed by atoms with E-state index in [9.17, 15) is 25.0 Å². The van der Waals surface area contributed by atoms with E-state index in [1.165, 1.54) is 36.0 Å². The van der Waals surface area contributed by atoms with Crippen LogP contribution in [0.3, 0.4) is 0 Å². The van der Waals surface area contributed by atoms with Gasteiger partial charge in [-0.3, -0.25) is 29.7 Å². The highest BCUT2D eigenvalue weighted by Gasteiger charge is 2.17. The summed E-state index contributed by atoms with van der Waals surface area (Å²) in [5.74, 6) is 0.332. The second kappa shape index (κ2) is 9.25. The van der Waals surface area contributed by atoms with E-state index in [0.717, 1.165) is 11.1 Å². The highest BCUT2D eigenvalue weighted by atomic mass is 16.6. The number of benzene rings is 2. The third-order valence-corrected chi connectivity index (χ3v) is 4.64. The van der Waals surface area contributed by atoms with Crippen molar-refractivity contribution in [1.82, 2.24) is 9.78 Å². The van der Waals surface area contributed by atoms with Gasteiger partial charge in [0.1, 0.15) is 23.4 Å². The summed E-state index contributed by atoms with van der Waals surface area (Å²) in [6.45, 7) is 5.38. The van der Waals surface area contributed by atoms with E-state index in [1.54, 1.807) is 0 Å². The molecule has 166 valence electrons. The van der Waals surface area contributed by atoms with Crippen LogP contribution >= 0.6 is 0 Å². The van der Waals surface area contributed by atoms with Gasteiger partial charge >= 0.3 is 5.69 Å². The summed E-state index contributed by atoms with van der Waals surface area (Å²) >= 11 is 0. The minimum atomic E-state index is -0.572. The number of nitro benzene ring substituents is 1. The van der Waals surface area contributed by atoms with Crippen molar-refractivity contribution in [2.24, 2.45) is 0 Å². The zero-order chi connectivity index (χ0) is 23.4. The van der Waals surface area contributed by atoms with Gasteiger partial charge in [0.05, 0.1) is 21.6 Å². The van der Waals surface area contributed by atoms with Crippen molar-refractivity contribution in [3.05, 3.63) is 79.6 Å². The lowest BCUT2D eigenvalue weighted by molar-refractivity contribution is -0.385. The van der Waals surface area contributed by atoms with Crippen LogP contribution in [0.2, 0.25) is 0 Å². The van der Waals surface area contributed by atoms with Gasteiger partial charge in [-0.1, -0.05) is 12.1 Å². The minimum Gasteiger partial charge on any atom is -0.457 e. The Morgan fingerprint density at radius 1 is 1.09 bits per heavy atom. The van der Waals surface area contributed by atoms with E-state index in [1.807, 2.05) is 32.0 Å². The van der Waals surface area contributed by atoms with E-state index in [2.05, 4.69) is 10.4 Å². The van der Waals surface area contributed by atoms with E-state index >= 15 is 0 Å². The molecule has 1 aromatic heterocycles. The van der Waals surface area contributed by atoms with Crippen LogP contribution in [0.15, 0.2) is 42.6 Å². The Morgan fingerprint density at radius 3 is 2.50 bits per heavy atom. The van der Waals surface area contributed by atoms with Gasteiger partial charge in [-0.25, -0.2) is 0 Å². The highest BCUT2D eigenvalue weighted by Crippen LogP contribution is 2.31. The largest absolute Gasteiger partial charge is 0.457 e. The van der Waals surface area contributed by atoms with Crippen LogP contribution < -0.4 is 10.1 Å². The molecule has 2 aromatic carbocycles. The predicted molar refractivity (Wildman–Crippen MR) is 116 cm³/mol. The molecule has 3 rings (SSSR count). The van der Waals surface area contributed by atoms with Crippen LogP contribution in [0.5, 0.6) is 11.5 Å². The first-order valence-electron chi connectivity index (χ1n) is 9.65. The summed E-state index contributed by atoms with van der Waals surface area (Å²) < 4.78 is 7.15. The molecule has 0 unspecified atom stereocenters. The van der Waals surface area contributed by atoms with Crippen LogP contribution in [0, 0.1) is 41.0 Å². The summed E-state index contributed by atoms with van der Waals surface area (Å²) in [7, 11) is 0. The number of nitrogens with zero attached hydrogens (tertiary/aromatic N) is 4. The number of nitro groups is 2. The summed E-state index contributed by atoms with van der Waals surface area (Å²) in [4.78, 5) is 33.5. The van der Waals surface area contributed by atoms with Crippen LogP contribution in [0.4, 0.5) is 17.1 Å². The van der Waals surface area contributed by atoms with Crippen molar-refractivity contribution in [2.75, 3.05) is 5.32 Å². The normalized spacial score (nSPS) is 10.6. The Balaban J connectivity index is 1.74. The Bertz CT molecular complexity index is 1200. The molecule has 0 saturated heterocycles. The maximum atomic E-state index is 12.4. The third-order valence-electron chi connectivity index (χ3n) is 4.64. The van der Waals surface area contributed by atoms with Crippen molar-refractivity contribution in [3.8, 4) is 11.5 Å². The van der Waals surface area contributed by atoms with Crippen molar-refractivity contribution >= 4 is 23.0 Å². The maximum Gasteiger partial charge on any atom is 0.309 e. The SMILES string of the molecule is Cc1ccc(C)c(Oc2cc(NC(=O)CCn3cc([N+](=O)[O-])c(C)n3)cc([N+](=O)[O-])c2)c1. The molecule has 0 aliphatic heterocycles. The lowest BCUT2D eigenvalue weighted by atomic mass is 10.1. The van der Waals surface area contributed by atoms with Gasteiger partial charge in [-0.15, -0.1) is 0 Å². The molecule has 32 heavy (non-hydrogen) atoms. The van der Waals surface area contributed by atoms with Crippen molar-refractivity contribution in [1.29, 1.82) is 0 Å². The number of anilines is 1. The number of nitrogens with one attached hydrogen (secondary N) is 1. The number of hydrogen-bond acceptors (Lipinski definition) is 7. The molecule has 3 aromatic rings. The van der Waals surface area contributed by atoms with Crippen LogP contribution in [0.25, 0.3) is 0 Å². The Morgan fingerprint density at radius 2 is 1.84 bits per heavy atom. The van der Waals surface area contributed by atoms with Crippen molar-refractivity contribution in [2.45, 2.75) is 33.7 Å². The van der Waals surface area contributed by atoms with Crippen LogP contribution in [-0.4, -0.2) is 25.5 Å². The summed E-state index contributed by atoms with van der Waals surface area (Å²) in [6.07, 6.45) is 1.22. The van der Waals surface area contributed by atoms with E-state index in [4.69, 9.17) is 4.74 Å². The molecular weight excluding hydrogens is 418 g/mol. The number of aromatic nitrogens is 2. The number of rotatable bonds is 8. The number of carbonyl (C=O) groups is 1. The zero-order valence-corrected chi connectivity index (χ0v) is 17.7. The first-order valence-corrected chi connectivity index (χ1v) is 9.65. The molecule has 0 saturated carbocycles. The molecule has 0 aliphatic carbocycles. The predicted octanol–water partition coefficient (Wildman–Crippen LogP) is 4.45. The van der Waals surface area contributed by atoms with Crippen LogP contribution in [-0.2, 0) is 11.3 Å². The van der Waals surface area contributed by atoms with Crippen molar-refractivity contribution in [3.63, 3.8) is 0 Å². The van der Waals surface area contributed by atoms with Gasteiger partial charge < -0.3 is 10.1 Å². The average Bonchev–Trinajstić information content (AvgIpc) is 3.10. The fourth-order valence-corrected chi connectivity index (χ4v) is 3.00. The Labute approximate surface area is 182 Å². The first kappa shape index (κ1) is 22.4. The number of non-ortho nitro benzene ring substituents is 1. The van der Waals surface area contributed by atoms with Gasteiger partial charge in [0.25, 0.3) is 5.69 Å². The minimum absolute atomic E-state index is 0.0336. The number of carbonyl (C=O) groups excluding carboxylic acids is 1. The molecule has 0 radical (unpaired) electrons. The second-order valence-electron chi connectivity index (χ2n) is 7.26. The monoisotopic (exact) mass is 439 g/mol. The highest BCUT2D eigenvalue weighted by molar-refractivity contribution is 5.91. The molecule has 0 fully saturated rings. The van der Waals surface area contributed by atoms with Gasteiger partial charge in [0.2, 0.25) is 5.91 Å². The fraction of sp³-hybridized carbons (Fsp3) is 0.238. The molecule has 11 heteroatoms. The van der Waals surface area contributed by atoms with Gasteiger partial charge in [-0.2, -0.15) is 5.10 Å². The third kappa shape index (κ3) is 5.45. The molecule has 11 nitrogen and oxygen atoms in total. The number of amides is 1. The topological polar surface area (TPSA) is 142 Å². The number of aryl methyl sites for hydroxylation is 4. The van der Waals surface area contributed by atoms with E-state index in [-0.39, 0.29) is 41.5 Å². The van der Waals surface area contributed by atoms with Gasteiger partial charge in [0, 0.05) is 25.1 Å². The smallest absolute Gasteiger partial charge is 0.309 e. The molecule has 1 amide bonds. The van der Waals surface area contributed by atoms with Gasteiger partial charge in [0.15, 0.2) is 0 Å². The second-order valence-corrected chi connectivity index (χ2v) is 7.26. The first-order chi connectivity index (χ1) is 15.1. The van der Waals surface area contributed by atoms with Gasteiger partial charge in [-0.05, 0) is 38.0 Å². The summed E-state index contributed by atoms with van der Waals surface area (Å²) in [5, 5.41) is 28.9. The number of ether oxygens (including phenoxy) is 1. The van der Waals surface area contributed by atoms with E-state index in [0.29, 0.717) is 5.75 Å². The summed E-state index contributed by atoms with van der Waals surface area (Å²) in [5.41, 5.74) is 1.92. The molecule has 0 atom stereocenters. The lowest BCUT2D eigenvalue weighted by Gasteiger charge is -2.12. The summed E-state index contributed by atoms with van der Waals surface area (Å²) in [6, 6.07) is 9.64. The molecule has 0 bridgehead atoms. The van der Waals surface area contributed by atoms with Crippen LogP contribution in [0.1, 0.15) is 23.2 Å². The Hall–Kier alpha value is -4.28. The number of hydrogen-bond donors (Lipinski definition) is 1. The zero-order valence-electron chi connectivity index (χ0n) is 17.7. The van der Waals surface area contributed by atoms with E-state index < -0.39 is 15.8 Å². The molecule has 0 aliphatic rings. The molecule has 1 heterocycles. The molecular formula is C21H21N5O6. The molecule has 1 N–H and O–H groups in total. The van der Waals surface area contributed by atoms with Crippen molar-refractivity contribution < 1.29 is 19.4 Å². The quantitative estimate of drug-likeness (QED) is 0.403. The molecule has 0 spiro atoms. The maximum absolute atomic E-state index is 12.4. The Kier molecular flexibility index (Phi) is 6.47. The fourth-order valence-electron chi connectivity index (χ4n) is 3.00.